The summed E-state index contributed by atoms with van der Waals surface area (Å²) in [7, 11) is 0. The highest BCUT2D eigenvalue weighted by Crippen LogP contribution is 2.16. The van der Waals surface area contributed by atoms with Crippen LogP contribution in [0.2, 0.25) is 5.15 Å². The van der Waals surface area contributed by atoms with Gasteiger partial charge in [0, 0.05) is 6.54 Å². The number of anilines is 1. The first-order valence-corrected chi connectivity index (χ1v) is 7.16. The standard InChI is InChI=1S/C14H21ClN2O2/c1-2-3-4-5-6-7-10-16-13-11(14(18)19)8-9-12(15)17-13/h8-9H,2-7,10H2,1H3,(H,16,17)(H,18,19). The molecule has 0 amide bonds. The van der Waals surface area contributed by atoms with Crippen LogP contribution in [0, 0.1) is 0 Å². The number of pyridine rings is 1. The Kier molecular flexibility index (Phi) is 7.26. The molecule has 1 aromatic heterocycles. The minimum Gasteiger partial charge on any atom is -0.478 e. The predicted molar refractivity (Wildman–Crippen MR) is 78.1 cm³/mol. The van der Waals surface area contributed by atoms with Crippen molar-refractivity contribution in [2.45, 2.75) is 45.4 Å². The number of hydrogen-bond donors (Lipinski definition) is 2. The monoisotopic (exact) mass is 284 g/mol. The third-order valence-corrected chi connectivity index (χ3v) is 3.12. The van der Waals surface area contributed by atoms with Crippen LogP contribution in [-0.2, 0) is 0 Å². The van der Waals surface area contributed by atoms with Crippen LogP contribution in [0.5, 0.6) is 0 Å². The van der Waals surface area contributed by atoms with E-state index in [1.807, 2.05) is 0 Å². The van der Waals surface area contributed by atoms with Gasteiger partial charge in [0.25, 0.3) is 0 Å². The van der Waals surface area contributed by atoms with Crippen LogP contribution in [0.25, 0.3) is 0 Å². The molecule has 5 heteroatoms. The molecule has 0 aliphatic heterocycles. The second-order valence-corrected chi connectivity index (χ2v) is 4.92. The lowest BCUT2D eigenvalue weighted by Crippen LogP contribution is -2.09. The van der Waals surface area contributed by atoms with E-state index in [0.717, 1.165) is 19.4 Å². The summed E-state index contributed by atoms with van der Waals surface area (Å²) < 4.78 is 0. The van der Waals surface area contributed by atoms with Crippen LogP contribution in [0.1, 0.15) is 55.8 Å². The molecule has 4 nitrogen and oxygen atoms in total. The molecule has 0 spiro atoms. The quantitative estimate of drug-likeness (QED) is 0.527. The highest BCUT2D eigenvalue weighted by molar-refractivity contribution is 6.29. The maximum atomic E-state index is 11.0. The summed E-state index contributed by atoms with van der Waals surface area (Å²) in [6, 6.07) is 2.96. The van der Waals surface area contributed by atoms with Crippen LogP contribution >= 0.6 is 11.6 Å². The lowest BCUT2D eigenvalue weighted by Gasteiger charge is -2.08. The van der Waals surface area contributed by atoms with Gasteiger partial charge in [0.2, 0.25) is 0 Å². The van der Waals surface area contributed by atoms with E-state index in [-0.39, 0.29) is 5.56 Å². The van der Waals surface area contributed by atoms with Gasteiger partial charge in [0.05, 0.1) is 0 Å². The van der Waals surface area contributed by atoms with Crippen molar-refractivity contribution in [3.8, 4) is 0 Å². The molecule has 0 saturated carbocycles. The summed E-state index contributed by atoms with van der Waals surface area (Å²) >= 11 is 5.77. The Bertz CT molecular complexity index is 410. The Balaban J connectivity index is 2.36. The largest absolute Gasteiger partial charge is 0.478 e. The molecule has 19 heavy (non-hydrogen) atoms. The van der Waals surface area contributed by atoms with E-state index >= 15 is 0 Å². The highest BCUT2D eigenvalue weighted by atomic mass is 35.5. The second kappa shape index (κ2) is 8.75. The van der Waals surface area contributed by atoms with Crippen LogP contribution in [-0.4, -0.2) is 22.6 Å². The average Bonchev–Trinajstić information content (AvgIpc) is 2.37. The molecule has 0 fully saturated rings. The molecule has 2 N–H and O–H groups in total. The summed E-state index contributed by atoms with van der Waals surface area (Å²) in [5, 5.41) is 12.4. The molecule has 1 aromatic rings. The number of aromatic nitrogens is 1. The molecule has 106 valence electrons. The zero-order valence-corrected chi connectivity index (χ0v) is 12.0. The van der Waals surface area contributed by atoms with Gasteiger partial charge in [-0.15, -0.1) is 0 Å². The molecule has 0 saturated heterocycles. The lowest BCUT2D eigenvalue weighted by molar-refractivity contribution is 0.0697. The number of carbonyl (C=O) groups is 1. The summed E-state index contributed by atoms with van der Waals surface area (Å²) in [4.78, 5) is 15.0. The molecule has 0 unspecified atom stereocenters. The Morgan fingerprint density at radius 3 is 2.63 bits per heavy atom. The molecule has 1 heterocycles. The molecule has 0 radical (unpaired) electrons. The number of nitrogens with one attached hydrogen (secondary N) is 1. The topological polar surface area (TPSA) is 62.2 Å². The van der Waals surface area contributed by atoms with E-state index in [2.05, 4.69) is 17.2 Å². The first kappa shape index (κ1) is 15.8. The van der Waals surface area contributed by atoms with Gasteiger partial charge in [-0.25, -0.2) is 9.78 Å². The Labute approximate surface area is 119 Å². The van der Waals surface area contributed by atoms with Gasteiger partial charge >= 0.3 is 5.97 Å². The van der Waals surface area contributed by atoms with E-state index in [1.165, 1.54) is 37.8 Å². The molecular weight excluding hydrogens is 264 g/mol. The normalized spacial score (nSPS) is 10.4. The predicted octanol–water partition coefficient (Wildman–Crippen LogP) is 4.21. The van der Waals surface area contributed by atoms with Crippen LogP contribution in [0.15, 0.2) is 12.1 Å². The summed E-state index contributed by atoms with van der Waals surface area (Å²) in [5.41, 5.74) is 0.162. The summed E-state index contributed by atoms with van der Waals surface area (Å²) in [6.07, 6.45) is 7.18. The van der Waals surface area contributed by atoms with Crippen molar-refractivity contribution in [3.05, 3.63) is 22.8 Å². The van der Waals surface area contributed by atoms with Crippen molar-refractivity contribution in [1.82, 2.24) is 4.98 Å². The lowest BCUT2D eigenvalue weighted by atomic mass is 10.1. The molecule has 0 bridgehead atoms. The number of unbranched alkanes of at least 4 members (excludes halogenated alkanes) is 5. The molecule has 0 aromatic carbocycles. The van der Waals surface area contributed by atoms with Gasteiger partial charge in [-0.1, -0.05) is 50.6 Å². The fourth-order valence-corrected chi connectivity index (χ4v) is 2.00. The van der Waals surface area contributed by atoms with E-state index in [1.54, 1.807) is 0 Å². The SMILES string of the molecule is CCCCCCCCNc1nc(Cl)ccc1C(=O)O. The molecular formula is C14H21ClN2O2. The zero-order chi connectivity index (χ0) is 14.1. The average molecular weight is 285 g/mol. The Hall–Kier alpha value is -1.29. The molecule has 0 atom stereocenters. The van der Waals surface area contributed by atoms with Gasteiger partial charge in [-0.2, -0.15) is 0 Å². The van der Waals surface area contributed by atoms with E-state index in [9.17, 15) is 4.79 Å². The van der Waals surface area contributed by atoms with Crippen molar-refractivity contribution < 1.29 is 9.90 Å². The van der Waals surface area contributed by atoms with Gasteiger partial charge < -0.3 is 10.4 Å². The maximum absolute atomic E-state index is 11.0. The van der Waals surface area contributed by atoms with Crippen LogP contribution < -0.4 is 5.32 Å². The van der Waals surface area contributed by atoms with Crippen molar-refractivity contribution in [3.63, 3.8) is 0 Å². The number of nitrogens with zero attached hydrogens (tertiary/aromatic N) is 1. The summed E-state index contributed by atoms with van der Waals surface area (Å²) in [5.74, 6) is -0.636. The fourth-order valence-electron chi connectivity index (χ4n) is 1.85. The van der Waals surface area contributed by atoms with Crippen molar-refractivity contribution in [2.24, 2.45) is 0 Å². The number of hydrogen-bond acceptors (Lipinski definition) is 3. The highest BCUT2D eigenvalue weighted by Gasteiger charge is 2.11. The minimum atomic E-state index is -0.991. The zero-order valence-electron chi connectivity index (χ0n) is 11.3. The van der Waals surface area contributed by atoms with Gasteiger partial charge in [-0.05, 0) is 18.6 Å². The fraction of sp³-hybridized carbons (Fsp3) is 0.571. The summed E-state index contributed by atoms with van der Waals surface area (Å²) in [6.45, 7) is 2.92. The first-order chi connectivity index (χ1) is 9.15. The van der Waals surface area contributed by atoms with Gasteiger partial charge in [-0.3, -0.25) is 0 Å². The number of carboxylic acid groups (broad SMARTS) is 1. The second-order valence-electron chi connectivity index (χ2n) is 4.53. The molecule has 1 rings (SSSR count). The first-order valence-electron chi connectivity index (χ1n) is 6.79. The Morgan fingerprint density at radius 2 is 1.95 bits per heavy atom. The Morgan fingerprint density at radius 1 is 1.26 bits per heavy atom. The van der Waals surface area contributed by atoms with Gasteiger partial charge in [0.15, 0.2) is 0 Å². The number of carboxylic acids is 1. The smallest absolute Gasteiger partial charge is 0.339 e. The van der Waals surface area contributed by atoms with E-state index < -0.39 is 5.97 Å². The minimum absolute atomic E-state index is 0.162. The number of halogens is 1. The van der Waals surface area contributed by atoms with E-state index in [4.69, 9.17) is 16.7 Å². The van der Waals surface area contributed by atoms with Gasteiger partial charge in [0.1, 0.15) is 16.5 Å². The van der Waals surface area contributed by atoms with Crippen LogP contribution in [0.3, 0.4) is 0 Å². The van der Waals surface area contributed by atoms with Crippen molar-refractivity contribution >= 4 is 23.4 Å². The van der Waals surface area contributed by atoms with Crippen LogP contribution in [0.4, 0.5) is 5.82 Å². The van der Waals surface area contributed by atoms with Crippen molar-refractivity contribution in [1.29, 1.82) is 0 Å². The maximum Gasteiger partial charge on any atom is 0.339 e. The number of aromatic carboxylic acids is 1. The molecule has 0 aliphatic carbocycles. The molecule has 0 aliphatic rings. The van der Waals surface area contributed by atoms with Crippen molar-refractivity contribution in [2.75, 3.05) is 11.9 Å². The number of rotatable bonds is 9. The third-order valence-electron chi connectivity index (χ3n) is 2.91. The van der Waals surface area contributed by atoms with E-state index in [0.29, 0.717) is 11.0 Å². The third kappa shape index (κ3) is 5.92.